The average molecular weight is 361 g/mol. The number of rotatable bonds is 5. The molecule has 2 heterocycles. The Morgan fingerprint density at radius 2 is 2.00 bits per heavy atom. The summed E-state index contributed by atoms with van der Waals surface area (Å²) in [5.41, 5.74) is 1.68. The Labute approximate surface area is 156 Å². The van der Waals surface area contributed by atoms with E-state index in [1.165, 1.54) is 0 Å². The third-order valence-electron chi connectivity index (χ3n) is 4.37. The van der Waals surface area contributed by atoms with Crippen molar-refractivity contribution < 1.29 is 18.7 Å². The summed E-state index contributed by atoms with van der Waals surface area (Å²) in [5, 5.41) is 11.7. The Kier molecular flexibility index (Phi) is 4.42. The lowest BCUT2D eigenvalue weighted by molar-refractivity contribution is 0.300. The van der Waals surface area contributed by atoms with Gasteiger partial charge in [0.15, 0.2) is 11.5 Å². The van der Waals surface area contributed by atoms with Crippen molar-refractivity contribution in [2.24, 2.45) is 0 Å². The summed E-state index contributed by atoms with van der Waals surface area (Å²) in [6, 6.07) is 15.4. The summed E-state index contributed by atoms with van der Waals surface area (Å²) >= 11 is 0. The van der Waals surface area contributed by atoms with Crippen molar-refractivity contribution in [3.63, 3.8) is 0 Å². The first kappa shape index (κ1) is 17.0. The number of allylic oxidation sites excluding steroid dienone is 1. The number of ether oxygens (including phenoxy) is 1. The first-order valence-electron chi connectivity index (χ1n) is 8.67. The van der Waals surface area contributed by atoms with E-state index < -0.39 is 0 Å². The molecule has 0 atom stereocenters. The van der Waals surface area contributed by atoms with E-state index in [1.807, 2.05) is 55.5 Å². The van der Waals surface area contributed by atoms with E-state index >= 15 is 0 Å². The van der Waals surface area contributed by atoms with Gasteiger partial charge < -0.3 is 18.7 Å². The van der Waals surface area contributed by atoms with Crippen molar-refractivity contribution in [1.82, 2.24) is 4.98 Å². The lowest BCUT2D eigenvalue weighted by Crippen LogP contribution is -1.97. The van der Waals surface area contributed by atoms with Gasteiger partial charge in [-0.05, 0) is 50.3 Å². The minimum Gasteiger partial charge on any atom is -0.504 e. The molecule has 0 bridgehead atoms. The second-order valence-corrected chi connectivity index (χ2v) is 6.16. The summed E-state index contributed by atoms with van der Waals surface area (Å²) < 4.78 is 17.1. The lowest BCUT2D eigenvalue weighted by atomic mass is 10.1. The quantitative estimate of drug-likeness (QED) is 0.449. The molecule has 27 heavy (non-hydrogen) atoms. The predicted molar refractivity (Wildman–Crippen MR) is 104 cm³/mol. The molecule has 4 aromatic rings. The van der Waals surface area contributed by atoms with Crippen molar-refractivity contribution in [3.05, 3.63) is 78.1 Å². The standard InChI is InChI=1S/C22H19NO4/c1-3-20(24)21-18-11-17(10-9-16(18)12-26-21)25-13-19-14(2)27-22(23-19)15-7-5-4-6-8-15/h3-12,24H,13H2,1-2H3. The van der Waals surface area contributed by atoms with Crippen LogP contribution in [0.4, 0.5) is 0 Å². The van der Waals surface area contributed by atoms with Crippen LogP contribution in [0.25, 0.3) is 28.0 Å². The molecule has 0 fully saturated rings. The van der Waals surface area contributed by atoms with E-state index in [9.17, 15) is 5.11 Å². The number of hydrogen-bond acceptors (Lipinski definition) is 5. The fraction of sp³-hybridized carbons (Fsp3) is 0.136. The largest absolute Gasteiger partial charge is 0.504 e. The Bertz CT molecular complexity index is 1110. The molecule has 5 heteroatoms. The Balaban J connectivity index is 1.56. The van der Waals surface area contributed by atoms with Gasteiger partial charge in [0.25, 0.3) is 0 Å². The highest BCUT2D eigenvalue weighted by Gasteiger charge is 2.14. The maximum atomic E-state index is 9.97. The number of hydrogen-bond donors (Lipinski definition) is 1. The molecule has 0 amide bonds. The van der Waals surface area contributed by atoms with Gasteiger partial charge in [0.2, 0.25) is 5.89 Å². The van der Waals surface area contributed by atoms with E-state index in [0.717, 1.165) is 27.8 Å². The van der Waals surface area contributed by atoms with Gasteiger partial charge in [-0.3, -0.25) is 0 Å². The highest BCUT2D eigenvalue weighted by molar-refractivity contribution is 5.91. The third-order valence-corrected chi connectivity index (χ3v) is 4.37. The minimum absolute atomic E-state index is 0.0991. The number of aliphatic hydroxyl groups excluding tert-OH is 1. The molecular formula is C22H19NO4. The van der Waals surface area contributed by atoms with E-state index in [-0.39, 0.29) is 12.4 Å². The van der Waals surface area contributed by atoms with Gasteiger partial charge in [-0.1, -0.05) is 18.2 Å². The Morgan fingerprint density at radius 1 is 1.19 bits per heavy atom. The molecule has 0 saturated heterocycles. The molecule has 4 rings (SSSR count). The van der Waals surface area contributed by atoms with Crippen molar-refractivity contribution in [1.29, 1.82) is 0 Å². The maximum absolute atomic E-state index is 9.97. The summed E-state index contributed by atoms with van der Waals surface area (Å²) in [5.74, 6) is 2.50. The molecule has 0 aliphatic heterocycles. The van der Waals surface area contributed by atoms with Gasteiger partial charge in [0.05, 0.1) is 6.26 Å². The summed E-state index contributed by atoms with van der Waals surface area (Å²) in [6.07, 6.45) is 3.21. The van der Waals surface area contributed by atoms with Crippen LogP contribution in [0.5, 0.6) is 5.75 Å². The van der Waals surface area contributed by atoms with Crippen LogP contribution in [-0.2, 0) is 6.61 Å². The number of aryl methyl sites for hydroxylation is 1. The lowest BCUT2D eigenvalue weighted by Gasteiger charge is -2.05. The van der Waals surface area contributed by atoms with Crippen LogP contribution in [0.1, 0.15) is 24.1 Å². The van der Waals surface area contributed by atoms with Crippen LogP contribution in [-0.4, -0.2) is 10.1 Å². The molecule has 0 spiro atoms. The van der Waals surface area contributed by atoms with Gasteiger partial charge >= 0.3 is 0 Å². The smallest absolute Gasteiger partial charge is 0.226 e. The molecule has 2 aromatic heterocycles. The van der Waals surface area contributed by atoms with Crippen LogP contribution in [0.3, 0.4) is 0 Å². The second kappa shape index (κ2) is 7.03. The van der Waals surface area contributed by atoms with Crippen LogP contribution >= 0.6 is 0 Å². The van der Waals surface area contributed by atoms with Crippen molar-refractivity contribution in [3.8, 4) is 17.2 Å². The van der Waals surface area contributed by atoms with E-state index in [2.05, 4.69) is 4.98 Å². The van der Waals surface area contributed by atoms with E-state index in [1.54, 1.807) is 19.3 Å². The molecule has 0 unspecified atom stereocenters. The SMILES string of the molecule is CC=C(O)c1occ2ccc(OCc3nc(-c4ccccc4)oc3C)cc12. The first-order valence-corrected chi connectivity index (χ1v) is 8.67. The van der Waals surface area contributed by atoms with Gasteiger partial charge in [-0.2, -0.15) is 0 Å². The van der Waals surface area contributed by atoms with E-state index in [4.69, 9.17) is 13.6 Å². The zero-order valence-corrected chi connectivity index (χ0v) is 15.1. The van der Waals surface area contributed by atoms with Crippen LogP contribution in [0.15, 0.2) is 69.7 Å². The van der Waals surface area contributed by atoms with Crippen molar-refractivity contribution >= 4 is 16.5 Å². The number of fused-ring (bicyclic) bond motifs is 1. The Morgan fingerprint density at radius 3 is 2.78 bits per heavy atom. The maximum Gasteiger partial charge on any atom is 0.226 e. The fourth-order valence-corrected chi connectivity index (χ4v) is 2.86. The Hall–Kier alpha value is -3.47. The van der Waals surface area contributed by atoms with Crippen LogP contribution in [0, 0.1) is 6.92 Å². The molecule has 0 aliphatic rings. The molecule has 0 saturated carbocycles. The zero-order chi connectivity index (χ0) is 18.8. The molecule has 136 valence electrons. The molecule has 1 N–H and O–H groups in total. The fourth-order valence-electron chi connectivity index (χ4n) is 2.86. The summed E-state index contributed by atoms with van der Waals surface area (Å²) in [4.78, 5) is 4.55. The topological polar surface area (TPSA) is 68.6 Å². The number of nitrogens with zero attached hydrogens (tertiary/aromatic N) is 1. The van der Waals surface area contributed by atoms with Gasteiger partial charge in [-0.15, -0.1) is 0 Å². The van der Waals surface area contributed by atoms with Crippen LogP contribution < -0.4 is 4.74 Å². The van der Waals surface area contributed by atoms with Crippen molar-refractivity contribution in [2.75, 3.05) is 0 Å². The van der Waals surface area contributed by atoms with Crippen molar-refractivity contribution in [2.45, 2.75) is 20.5 Å². The van der Waals surface area contributed by atoms with Gasteiger partial charge in [0, 0.05) is 16.3 Å². The predicted octanol–water partition coefficient (Wildman–Crippen LogP) is 5.89. The normalized spacial score (nSPS) is 11.9. The van der Waals surface area contributed by atoms with Gasteiger partial charge in [0.1, 0.15) is 23.8 Å². The molecular weight excluding hydrogens is 342 g/mol. The summed E-state index contributed by atoms with van der Waals surface area (Å²) in [7, 11) is 0. The molecule has 2 aromatic carbocycles. The van der Waals surface area contributed by atoms with E-state index in [0.29, 0.717) is 17.4 Å². The van der Waals surface area contributed by atoms with Gasteiger partial charge in [-0.25, -0.2) is 4.98 Å². The number of benzene rings is 2. The molecule has 0 aliphatic carbocycles. The number of aromatic nitrogens is 1. The second-order valence-electron chi connectivity index (χ2n) is 6.16. The number of aliphatic hydroxyl groups is 1. The number of furan rings is 1. The third kappa shape index (κ3) is 3.31. The molecule has 0 radical (unpaired) electrons. The highest BCUT2D eigenvalue weighted by atomic mass is 16.5. The minimum atomic E-state index is 0.0991. The van der Waals surface area contributed by atoms with Crippen LogP contribution in [0.2, 0.25) is 0 Å². The monoisotopic (exact) mass is 361 g/mol. The first-order chi connectivity index (χ1) is 13.2. The molecule has 5 nitrogen and oxygen atoms in total. The highest BCUT2D eigenvalue weighted by Crippen LogP contribution is 2.30. The summed E-state index contributed by atoms with van der Waals surface area (Å²) in [6.45, 7) is 3.91. The average Bonchev–Trinajstić information content (AvgIpc) is 3.29. The zero-order valence-electron chi connectivity index (χ0n) is 15.1. The number of oxazole rings is 1.